The largest absolute Gasteiger partial charge is 0.306 e. The van der Waals surface area contributed by atoms with Gasteiger partial charge in [-0.25, -0.2) is 0 Å². The molecule has 2 fully saturated rings. The number of benzene rings is 1. The van der Waals surface area contributed by atoms with Crippen LogP contribution in [0.1, 0.15) is 75.7 Å². The lowest BCUT2D eigenvalue weighted by Gasteiger charge is -2.32. The lowest BCUT2D eigenvalue weighted by atomic mass is 9.74. The van der Waals surface area contributed by atoms with Crippen LogP contribution in [0.3, 0.4) is 0 Å². The van der Waals surface area contributed by atoms with E-state index in [1.54, 1.807) is 5.56 Å². The number of hydrogen-bond acceptors (Lipinski definition) is 1. The summed E-state index contributed by atoms with van der Waals surface area (Å²) < 4.78 is 0. The molecule has 1 unspecified atom stereocenters. The maximum Gasteiger partial charge on any atom is -0.00191 e. The lowest BCUT2D eigenvalue weighted by molar-refractivity contribution is 0.205. The van der Waals surface area contributed by atoms with Crippen LogP contribution in [0, 0.1) is 11.8 Å². The van der Waals surface area contributed by atoms with Crippen LogP contribution in [0.4, 0.5) is 0 Å². The van der Waals surface area contributed by atoms with Crippen molar-refractivity contribution in [2.45, 2.75) is 70.1 Å². The highest BCUT2D eigenvalue weighted by atomic mass is 15.1. The standard InChI is InChI=1S/C22H35N/c1-23-17-15-19(16-18-23)9-8-14-22(20-10-4-2-5-11-20)21-12-6-3-7-13-21/h2,4-5,10-11,19,21-22H,3,6-9,12-18H2,1H3. The van der Waals surface area contributed by atoms with Crippen molar-refractivity contribution in [3.05, 3.63) is 35.9 Å². The summed E-state index contributed by atoms with van der Waals surface area (Å²) in [5, 5.41) is 0. The molecule has 0 amide bonds. The fourth-order valence-electron chi connectivity index (χ4n) is 4.89. The molecule has 1 aromatic carbocycles. The van der Waals surface area contributed by atoms with Gasteiger partial charge in [-0.15, -0.1) is 0 Å². The molecule has 1 heteroatoms. The lowest BCUT2D eigenvalue weighted by Crippen LogP contribution is -2.30. The van der Waals surface area contributed by atoms with Crippen LogP contribution in [0.2, 0.25) is 0 Å². The van der Waals surface area contributed by atoms with Gasteiger partial charge in [-0.2, -0.15) is 0 Å². The minimum absolute atomic E-state index is 0.822. The van der Waals surface area contributed by atoms with Crippen molar-refractivity contribution in [3.8, 4) is 0 Å². The third-order valence-electron chi connectivity index (χ3n) is 6.41. The third kappa shape index (κ3) is 5.08. The molecule has 23 heavy (non-hydrogen) atoms. The van der Waals surface area contributed by atoms with E-state index in [4.69, 9.17) is 0 Å². The predicted molar refractivity (Wildman–Crippen MR) is 99.8 cm³/mol. The molecule has 3 rings (SSSR count). The highest BCUT2D eigenvalue weighted by molar-refractivity contribution is 5.20. The zero-order chi connectivity index (χ0) is 15.9. The van der Waals surface area contributed by atoms with Gasteiger partial charge in [0.05, 0.1) is 0 Å². The molecular weight excluding hydrogens is 278 g/mol. The molecule has 0 radical (unpaired) electrons. The van der Waals surface area contributed by atoms with Crippen molar-refractivity contribution in [3.63, 3.8) is 0 Å². The van der Waals surface area contributed by atoms with Gasteiger partial charge in [-0.05, 0) is 75.6 Å². The van der Waals surface area contributed by atoms with Gasteiger partial charge in [0.25, 0.3) is 0 Å². The van der Waals surface area contributed by atoms with E-state index in [1.807, 2.05) is 0 Å². The highest BCUT2D eigenvalue weighted by Crippen LogP contribution is 2.39. The van der Waals surface area contributed by atoms with Gasteiger partial charge < -0.3 is 4.90 Å². The molecule has 1 saturated heterocycles. The minimum atomic E-state index is 0.822. The number of nitrogens with zero attached hydrogens (tertiary/aromatic N) is 1. The second-order valence-corrected chi connectivity index (χ2v) is 8.09. The molecule has 1 aromatic rings. The van der Waals surface area contributed by atoms with E-state index in [9.17, 15) is 0 Å². The molecule has 0 N–H and O–H groups in total. The maximum absolute atomic E-state index is 2.49. The topological polar surface area (TPSA) is 3.24 Å². The fraction of sp³-hybridized carbons (Fsp3) is 0.727. The molecular formula is C22H35N. The Morgan fingerprint density at radius 3 is 2.35 bits per heavy atom. The van der Waals surface area contributed by atoms with Gasteiger partial charge in [0, 0.05) is 0 Å². The monoisotopic (exact) mass is 313 g/mol. The first kappa shape index (κ1) is 17.0. The molecule has 1 aliphatic heterocycles. The summed E-state index contributed by atoms with van der Waals surface area (Å²) in [4.78, 5) is 2.49. The van der Waals surface area contributed by atoms with Gasteiger partial charge in [0.15, 0.2) is 0 Å². The van der Waals surface area contributed by atoms with Crippen molar-refractivity contribution in [1.82, 2.24) is 4.90 Å². The number of piperidine rings is 1. The Hall–Kier alpha value is -0.820. The Kier molecular flexibility index (Phi) is 6.56. The van der Waals surface area contributed by atoms with Gasteiger partial charge in [-0.3, -0.25) is 0 Å². The molecule has 1 saturated carbocycles. The predicted octanol–water partition coefficient (Wildman–Crippen LogP) is 5.86. The highest BCUT2D eigenvalue weighted by Gasteiger charge is 2.25. The average molecular weight is 314 g/mol. The molecule has 0 bridgehead atoms. The Morgan fingerprint density at radius 1 is 0.957 bits per heavy atom. The molecule has 1 aliphatic carbocycles. The van der Waals surface area contributed by atoms with Gasteiger partial charge >= 0.3 is 0 Å². The summed E-state index contributed by atoms with van der Waals surface area (Å²) in [5.74, 6) is 2.76. The van der Waals surface area contributed by atoms with E-state index in [0.29, 0.717) is 0 Å². The molecule has 1 nitrogen and oxygen atoms in total. The normalized spacial score (nSPS) is 23.0. The van der Waals surface area contributed by atoms with Crippen LogP contribution in [0.5, 0.6) is 0 Å². The van der Waals surface area contributed by atoms with Crippen molar-refractivity contribution in [2.24, 2.45) is 11.8 Å². The zero-order valence-corrected chi connectivity index (χ0v) is 15.1. The molecule has 128 valence electrons. The summed E-state index contributed by atoms with van der Waals surface area (Å²) in [5.41, 5.74) is 1.61. The summed E-state index contributed by atoms with van der Waals surface area (Å²) in [7, 11) is 2.27. The molecule has 0 spiro atoms. The van der Waals surface area contributed by atoms with Gasteiger partial charge in [0.2, 0.25) is 0 Å². The second-order valence-electron chi connectivity index (χ2n) is 8.09. The van der Waals surface area contributed by atoms with Crippen molar-refractivity contribution in [1.29, 1.82) is 0 Å². The van der Waals surface area contributed by atoms with Crippen molar-refractivity contribution >= 4 is 0 Å². The summed E-state index contributed by atoms with van der Waals surface area (Å²) in [6.07, 6.45) is 14.5. The molecule has 2 aliphatic rings. The summed E-state index contributed by atoms with van der Waals surface area (Å²) >= 11 is 0. The van der Waals surface area contributed by atoms with Crippen LogP contribution in [0.15, 0.2) is 30.3 Å². The molecule has 0 aromatic heterocycles. The molecule has 1 heterocycles. The van der Waals surface area contributed by atoms with Crippen LogP contribution in [0.25, 0.3) is 0 Å². The minimum Gasteiger partial charge on any atom is -0.306 e. The first-order chi connectivity index (χ1) is 11.3. The van der Waals surface area contributed by atoms with E-state index in [1.165, 1.54) is 77.3 Å². The van der Waals surface area contributed by atoms with E-state index >= 15 is 0 Å². The fourth-order valence-corrected chi connectivity index (χ4v) is 4.89. The van der Waals surface area contributed by atoms with Gasteiger partial charge in [-0.1, -0.05) is 62.4 Å². The number of hydrogen-bond donors (Lipinski definition) is 0. The van der Waals surface area contributed by atoms with Crippen molar-refractivity contribution < 1.29 is 0 Å². The Morgan fingerprint density at radius 2 is 1.65 bits per heavy atom. The van der Waals surface area contributed by atoms with E-state index < -0.39 is 0 Å². The average Bonchev–Trinajstić information content (AvgIpc) is 2.62. The van der Waals surface area contributed by atoms with Crippen LogP contribution >= 0.6 is 0 Å². The quantitative estimate of drug-likeness (QED) is 0.635. The van der Waals surface area contributed by atoms with E-state index in [2.05, 4.69) is 42.3 Å². The van der Waals surface area contributed by atoms with Gasteiger partial charge in [0.1, 0.15) is 0 Å². The zero-order valence-electron chi connectivity index (χ0n) is 15.1. The van der Waals surface area contributed by atoms with Crippen molar-refractivity contribution in [2.75, 3.05) is 20.1 Å². The first-order valence-corrected chi connectivity index (χ1v) is 10.1. The Bertz CT molecular complexity index is 427. The smallest absolute Gasteiger partial charge is 0.00191 e. The number of likely N-dealkylation sites (tertiary alicyclic amines) is 1. The third-order valence-corrected chi connectivity index (χ3v) is 6.41. The summed E-state index contributed by atoms with van der Waals surface area (Å²) in [6.45, 7) is 2.63. The van der Waals surface area contributed by atoms with Crippen LogP contribution < -0.4 is 0 Å². The number of rotatable bonds is 6. The Balaban J connectivity index is 1.53. The maximum atomic E-state index is 2.49. The van der Waals surface area contributed by atoms with Crippen LogP contribution in [-0.4, -0.2) is 25.0 Å². The molecule has 1 atom stereocenters. The van der Waals surface area contributed by atoms with E-state index in [0.717, 1.165) is 17.8 Å². The summed E-state index contributed by atoms with van der Waals surface area (Å²) in [6, 6.07) is 11.4. The van der Waals surface area contributed by atoms with E-state index in [-0.39, 0.29) is 0 Å². The SMILES string of the molecule is CN1CCC(CCCC(c2ccccc2)C2CCCCC2)CC1. The Labute approximate surface area is 143 Å². The second kappa shape index (κ2) is 8.87. The van der Waals surface area contributed by atoms with Crippen LogP contribution in [-0.2, 0) is 0 Å². The first-order valence-electron chi connectivity index (χ1n) is 10.1.